The van der Waals surface area contributed by atoms with Gasteiger partial charge >= 0.3 is 0 Å². The highest BCUT2D eigenvalue weighted by molar-refractivity contribution is 5.60. The van der Waals surface area contributed by atoms with Gasteiger partial charge in [0.2, 0.25) is 0 Å². The zero-order valence-corrected chi connectivity index (χ0v) is 8.45. The van der Waals surface area contributed by atoms with E-state index in [1.807, 2.05) is 0 Å². The number of aromatic nitrogens is 2. The van der Waals surface area contributed by atoms with Crippen LogP contribution in [0.3, 0.4) is 0 Å². The van der Waals surface area contributed by atoms with E-state index in [1.54, 1.807) is 6.20 Å². The smallest absolute Gasteiger partial charge is 0.153 e. The molecule has 0 spiro atoms. The van der Waals surface area contributed by atoms with Gasteiger partial charge in [-0.15, -0.1) is 0 Å². The summed E-state index contributed by atoms with van der Waals surface area (Å²) >= 11 is 0. The Morgan fingerprint density at radius 1 is 1.57 bits per heavy atom. The molecule has 0 amide bonds. The van der Waals surface area contributed by atoms with E-state index in [0.717, 1.165) is 12.2 Å². The molecule has 1 saturated carbocycles. The Bertz CT molecular complexity index is 314. The van der Waals surface area contributed by atoms with Crippen molar-refractivity contribution < 1.29 is 0 Å². The molecule has 1 aromatic rings. The number of nitrogen functional groups attached to an aromatic ring is 1. The molecule has 0 bridgehead atoms. The number of nitrogens with two attached hydrogens (primary N) is 1. The maximum absolute atomic E-state index is 5.77. The molecule has 1 aliphatic rings. The van der Waals surface area contributed by atoms with Crippen LogP contribution in [-0.4, -0.2) is 15.5 Å². The van der Waals surface area contributed by atoms with Gasteiger partial charge in [-0.05, 0) is 25.7 Å². The van der Waals surface area contributed by atoms with Crippen LogP contribution < -0.4 is 11.1 Å². The molecule has 14 heavy (non-hydrogen) atoms. The Hall–Kier alpha value is -1.32. The van der Waals surface area contributed by atoms with Crippen LogP contribution in [0.1, 0.15) is 32.6 Å². The van der Waals surface area contributed by atoms with Crippen LogP contribution in [0.4, 0.5) is 11.5 Å². The third kappa shape index (κ3) is 1.52. The first-order valence-corrected chi connectivity index (χ1v) is 5.09. The molecule has 1 aliphatic carbocycles. The van der Waals surface area contributed by atoms with Gasteiger partial charge in [0.25, 0.3) is 0 Å². The van der Waals surface area contributed by atoms with Gasteiger partial charge in [-0.1, -0.05) is 6.92 Å². The topological polar surface area (TPSA) is 63.8 Å². The Balaban J connectivity index is 2.13. The molecule has 0 radical (unpaired) electrons. The van der Waals surface area contributed by atoms with Gasteiger partial charge in [-0.2, -0.15) is 0 Å². The van der Waals surface area contributed by atoms with E-state index in [2.05, 4.69) is 22.2 Å². The van der Waals surface area contributed by atoms with Crippen LogP contribution in [0, 0.1) is 0 Å². The number of nitrogens with zero attached hydrogens (tertiary/aromatic N) is 2. The van der Waals surface area contributed by atoms with Crippen LogP contribution in [0.2, 0.25) is 0 Å². The summed E-state index contributed by atoms with van der Waals surface area (Å²) in [5.41, 5.74) is 6.64. The normalized spacial score (nSPS) is 18.6. The van der Waals surface area contributed by atoms with Crippen LogP contribution in [0.15, 0.2) is 12.5 Å². The fraction of sp³-hybridized carbons (Fsp3) is 0.600. The van der Waals surface area contributed by atoms with E-state index in [0.29, 0.717) is 5.69 Å². The van der Waals surface area contributed by atoms with Gasteiger partial charge in [0.1, 0.15) is 6.33 Å². The molecular weight excluding hydrogens is 176 g/mol. The molecular formula is C10H16N4. The minimum Gasteiger partial charge on any atom is -0.394 e. The van der Waals surface area contributed by atoms with E-state index in [-0.39, 0.29) is 5.54 Å². The second-order valence-electron chi connectivity index (χ2n) is 3.94. The van der Waals surface area contributed by atoms with Crippen molar-refractivity contribution >= 4 is 11.5 Å². The molecule has 76 valence electrons. The molecule has 0 unspecified atom stereocenters. The molecule has 1 aromatic heterocycles. The number of anilines is 2. The maximum Gasteiger partial charge on any atom is 0.153 e. The molecule has 0 aromatic carbocycles. The van der Waals surface area contributed by atoms with Crippen molar-refractivity contribution in [2.75, 3.05) is 11.1 Å². The average molecular weight is 192 g/mol. The first kappa shape index (κ1) is 9.24. The highest BCUT2D eigenvalue weighted by Crippen LogP contribution is 2.38. The fourth-order valence-electron chi connectivity index (χ4n) is 1.87. The lowest BCUT2D eigenvalue weighted by molar-refractivity contribution is 0.269. The SMILES string of the molecule is CCC1(Nc2ncncc2N)CCC1. The lowest BCUT2D eigenvalue weighted by Gasteiger charge is -2.42. The monoisotopic (exact) mass is 192 g/mol. The van der Waals surface area contributed by atoms with E-state index in [9.17, 15) is 0 Å². The summed E-state index contributed by atoms with van der Waals surface area (Å²) in [7, 11) is 0. The zero-order valence-electron chi connectivity index (χ0n) is 8.45. The molecule has 0 aliphatic heterocycles. The lowest BCUT2D eigenvalue weighted by atomic mass is 9.75. The van der Waals surface area contributed by atoms with Crippen molar-refractivity contribution in [2.45, 2.75) is 38.1 Å². The maximum atomic E-state index is 5.77. The van der Waals surface area contributed by atoms with Crippen LogP contribution in [0.5, 0.6) is 0 Å². The van der Waals surface area contributed by atoms with Crippen molar-refractivity contribution in [3.63, 3.8) is 0 Å². The summed E-state index contributed by atoms with van der Waals surface area (Å²) in [6, 6.07) is 0. The average Bonchev–Trinajstić information content (AvgIpc) is 2.14. The Kier molecular flexibility index (Phi) is 2.27. The number of rotatable bonds is 3. The largest absolute Gasteiger partial charge is 0.394 e. The molecule has 4 heteroatoms. The predicted octanol–water partition coefficient (Wildman–Crippen LogP) is 1.80. The molecule has 3 N–H and O–H groups in total. The minimum atomic E-state index is 0.239. The van der Waals surface area contributed by atoms with Crippen molar-refractivity contribution in [1.82, 2.24) is 9.97 Å². The summed E-state index contributed by atoms with van der Waals surface area (Å²) in [5, 5.41) is 3.43. The highest BCUT2D eigenvalue weighted by Gasteiger charge is 2.35. The molecule has 0 saturated heterocycles. The van der Waals surface area contributed by atoms with Gasteiger partial charge in [0.15, 0.2) is 5.82 Å². The van der Waals surface area contributed by atoms with E-state index >= 15 is 0 Å². The molecule has 1 heterocycles. The Morgan fingerprint density at radius 3 is 2.86 bits per heavy atom. The van der Waals surface area contributed by atoms with E-state index in [1.165, 1.54) is 25.6 Å². The fourth-order valence-corrected chi connectivity index (χ4v) is 1.87. The molecule has 4 nitrogen and oxygen atoms in total. The number of hydrogen-bond donors (Lipinski definition) is 2. The zero-order chi connectivity index (χ0) is 10.0. The first-order valence-electron chi connectivity index (χ1n) is 5.09. The Morgan fingerprint density at radius 2 is 2.36 bits per heavy atom. The van der Waals surface area contributed by atoms with Gasteiger partial charge in [0, 0.05) is 5.54 Å². The number of hydrogen-bond acceptors (Lipinski definition) is 4. The number of nitrogens with one attached hydrogen (secondary N) is 1. The quantitative estimate of drug-likeness (QED) is 0.766. The summed E-state index contributed by atoms with van der Waals surface area (Å²) in [5.74, 6) is 0.779. The van der Waals surface area contributed by atoms with Crippen molar-refractivity contribution in [2.24, 2.45) is 0 Å². The highest BCUT2D eigenvalue weighted by atomic mass is 15.1. The Labute approximate surface area is 83.9 Å². The van der Waals surface area contributed by atoms with Crippen molar-refractivity contribution in [3.8, 4) is 0 Å². The second-order valence-corrected chi connectivity index (χ2v) is 3.94. The third-order valence-corrected chi connectivity index (χ3v) is 3.11. The van der Waals surface area contributed by atoms with Crippen LogP contribution in [-0.2, 0) is 0 Å². The van der Waals surface area contributed by atoms with Gasteiger partial charge < -0.3 is 11.1 Å². The standard InChI is InChI=1S/C10H16N4/c1-2-10(4-3-5-10)14-9-8(11)6-12-7-13-9/h6-7H,2-5,11H2,1H3,(H,12,13,14). The van der Waals surface area contributed by atoms with Gasteiger partial charge in [-0.25, -0.2) is 9.97 Å². The summed E-state index contributed by atoms with van der Waals surface area (Å²) in [6.07, 6.45) is 8.01. The summed E-state index contributed by atoms with van der Waals surface area (Å²) < 4.78 is 0. The predicted molar refractivity (Wildman–Crippen MR) is 56.9 cm³/mol. The van der Waals surface area contributed by atoms with Crippen LogP contribution in [0.25, 0.3) is 0 Å². The van der Waals surface area contributed by atoms with E-state index < -0.39 is 0 Å². The third-order valence-electron chi connectivity index (χ3n) is 3.11. The second kappa shape index (κ2) is 3.44. The molecule has 1 fully saturated rings. The molecule has 2 rings (SSSR count). The molecule has 0 atom stereocenters. The van der Waals surface area contributed by atoms with Crippen LogP contribution >= 0.6 is 0 Å². The van der Waals surface area contributed by atoms with Crippen molar-refractivity contribution in [1.29, 1.82) is 0 Å². The van der Waals surface area contributed by atoms with Gasteiger partial charge in [-0.3, -0.25) is 0 Å². The summed E-state index contributed by atoms with van der Waals surface area (Å²) in [6.45, 7) is 2.20. The van der Waals surface area contributed by atoms with E-state index in [4.69, 9.17) is 5.73 Å². The van der Waals surface area contributed by atoms with Gasteiger partial charge in [0.05, 0.1) is 11.9 Å². The van der Waals surface area contributed by atoms with Crippen molar-refractivity contribution in [3.05, 3.63) is 12.5 Å². The lowest BCUT2D eigenvalue weighted by Crippen LogP contribution is -2.44. The first-order chi connectivity index (χ1) is 6.76. The minimum absolute atomic E-state index is 0.239. The summed E-state index contributed by atoms with van der Waals surface area (Å²) in [4.78, 5) is 8.01.